The summed E-state index contributed by atoms with van der Waals surface area (Å²) >= 11 is 13.9. The molecule has 2 fully saturated rings. The molecule has 182 valence electrons. The average Bonchev–Trinajstić information content (AvgIpc) is 3.00. The van der Waals surface area contributed by atoms with E-state index in [2.05, 4.69) is 48.9 Å². The van der Waals surface area contributed by atoms with Crippen molar-refractivity contribution in [1.29, 1.82) is 0 Å². The van der Waals surface area contributed by atoms with E-state index >= 15 is 0 Å². The summed E-state index contributed by atoms with van der Waals surface area (Å²) in [5, 5.41) is 0.770. The zero-order valence-electron chi connectivity index (χ0n) is 19.5. The second-order valence-corrected chi connectivity index (χ2v) is 12.2. The fourth-order valence-corrected chi connectivity index (χ4v) is 7.82. The van der Waals surface area contributed by atoms with Crippen LogP contribution in [-0.2, 0) is 22.4 Å². The third-order valence-electron chi connectivity index (χ3n) is 8.05. The first kappa shape index (κ1) is 24.7. The minimum Gasteiger partial charge on any atom is -0.381 e. The third-order valence-corrected chi connectivity index (χ3v) is 9.36. The molecule has 1 aliphatic heterocycles. The number of nitrogens with zero attached hydrogens (tertiary/aromatic N) is 2. The molecule has 0 unspecified atom stereocenters. The van der Waals surface area contributed by atoms with Gasteiger partial charge in [0.1, 0.15) is 0 Å². The molecule has 2 heterocycles. The quantitative estimate of drug-likeness (QED) is 0.379. The number of aryl methyl sites for hydroxylation is 2. The molecule has 1 amide bonds. The lowest BCUT2D eigenvalue weighted by Crippen LogP contribution is -2.44. The number of pyridine rings is 1. The zero-order valence-corrected chi connectivity index (χ0v) is 23.5. The first-order chi connectivity index (χ1) is 16.4. The summed E-state index contributed by atoms with van der Waals surface area (Å²) in [6.45, 7) is 1.64. The van der Waals surface area contributed by atoms with Gasteiger partial charge in [0.05, 0.1) is 11.8 Å². The standard InChI is InChI=1S/C27H31Br2ClN2O2/c1-34-22-4-2-3-19(13-22)27(33)32-9-7-16(8-10-32)25-24-17(12-21(30)14-23(24)29)5-6-18-11-20(28)15-31-26(18)25/h11-12,14-16,19,22,25H,2-10,13H2,1H3/t19-,22+,25+/m0/s1. The van der Waals surface area contributed by atoms with E-state index in [0.29, 0.717) is 11.8 Å². The minimum absolute atomic E-state index is 0.116. The Morgan fingerprint density at radius 3 is 2.62 bits per heavy atom. The second-order valence-electron chi connectivity index (χ2n) is 10.0. The Hall–Kier alpha value is -0.950. The van der Waals surface area contributed by atoms with Crippen LogP contribution in [0.25, 0.3) is 0 Å². The molecule has 3 atom stereocenters. The monoisotopic (exact) mass is 608 g/mol. The summed E-state index contributed by atoms with van der Waals surface area (Å²) in [6, 6.07) is 6.37. The van der Waals surface area contributed by atoms with Gasteiger partial charge in [-0.1, -0.05) is 34.0 Å². The Bertz CT molecular complexity index is 1070. The van der Waals surface area contributed by atoms with Crippen LogP contribution < -0.4 is 0 Å². The van der Waals surface area contributed by atoms with Crippen LogP contribution in [0.3, 0.4) is 0 Å². The van der Waals surface area contributed by atoms with Crippen molar-refractivity contribution in [3.05, 3.63) is 60.7 Å². The molecule has 3 aliphatic rings. The highest BCUT2D eigenvalue weighted by Crippen LogP contribution is 2.46. The number of methoxy groups -OCH3 is 1. The van der Waals surface area contributed by atoms with Crippen LogP contribution in [0.15, 0.2) is 33.3 Å². The number of fused-ring (bicyclic) bond motifs is 2. The summed E-state index contributed by atoms with van der Waals surface area (Å²) in [5.41, 5.74) is 5.14. The maximum atomic E-state index is 13.3. The van der Waals surface area contributed by atoms with Gasteiger partial charge in [-0.25, -0.2) is 0 Å². The van der Waals surface area contributed by atoms with Crippen molar-refractivity contribution in [3.8, 4) is 0 Å². The number of amides is 1. The molecular weight excluding hydrogens is 580 g/mol. The lowest BCUT2D eigenvalue weighted by atomic mass is 9.76. The van der Waals surface area contributed by atoms with Gasteiger partial charge in [0.2, 0.25) is 5.91 Å². The fourth-order valence-electron chi connectivity index (χ4n) is 6.32. The van der Waals surface area contributed by atoms with Crippen molar-refractivity contribution in [1.82, 2.24) is 9.88 Å². The first-order valence-corrected chi connectivity index (χ1v) is 14.3. The summed E-state index contributed by atoms with van der Waals surface area (Å²) in [7, 11) is 1.77. The predicted octanol–water partition coefficient (Wildman–Crippen LogP) is 6.93. The molecule has 2 aromatic rings. The molecule has 2 aliphatic carbocycles. The number of hydrogen-bond donors (Lipinski definition) is 0. The summed E-state index contributed by atoms with van der Waals surface area (Å²) < 4.78 is 7.66. The number of carbonyl (C=O) groups is 1. The average molecular weight is 611 g/mol. The largest absolute Gasteiger partial charge is 0.381 e. The van der Waals surface area contributed by atoms with E-state index < -0.39 is 0 Å². The SMILES string of the molecule is CO[C@@H]1CCC[C@H](C(=O)N2CCC([C@H]3c4ncc(Br)cc4CCc4cc(Cl)cc(Br)c43)CC2)C1. The van der Waals surface area contributed by atoms with E-state index in [4.69, 9.17) is 21.3 Å². The number of piperidine rings is 1. The number of halogens is 3. The molecule has 0 bridgehead atoms. The lowest BCUT2D eigenvalue weighted by Gasteiger charge is -2.39. The van der Waals surface area contributed by atoms with E-state index in [9.17, 15) is 4.79 Å². The van der Waals surface area contributed by atoms with Crippen LogP contribution in [0.1, 0.15) is 66.8 Å². The molecule has 1 aromatic heterocycles. The normalized spacial score (nSPS) is 25.4. The van der Waals surface area contributed by atoms with Crippen molar-refractivity contribution in [2.24, 2.45) is 11.8 Å². The molecule has 1 aromatic carbocycles. The van der Waals surface area contributed by atoms with Crippen molar-refractivity contribution >= 4 is 49.4 Å². The lowest BCUT2D eigenvalue weighted by molar-refractivity contribution is -0.139. The van der Waals surface area contributed by atoms with Gasteiger partial charge in [-0.05, 0) is 102 Å². The Labute approximate surface area is 224 Å². The van der Waals surface area contributed by atoms with Crippen molar-refractivity contribution in [2.45, 2.75) is 63.4 Å². The van der Waals surface area contributed by atoms with Gasteiger partial charge >= 0.3 is 0 Å². The van der Waals surface area contributed by atoms with Crippen LogP contribution in [-0.4, -0.2) is 42.1 Å². The second kappa shape index (κ2) is 10.6. The molecular formula is C27H31Br2ClN2O2. The smallest absolute Gasteiger partial charge is 0.225 e. The summed E-state index contributed by atoms with van der Waals surface area (Å²) in [4.78, 5) is 20.4. The molecule has 0 spiro atoms. The Morgan fingerprint density at radius 1 is 1.09 bits per heavy atom. The van der Waals surface area contributed by atoms with E-state index in [1.807, 2.05) is 12.3 Å². The van der Waals surface area contributed by atoms with Crippen LogP contribution >= 0.6 is 43.5 Å². The van der Waals surface area contributed by atoms with Gasteiger partial charge in [-0.15, -0.1) is 0 Å². The van der Waals surface area contributed by atoms with Crippen molar-refractivity contribution in [2.75, 3.05) is 20.2 Å². The zero-order chi connectivity index (χ0) is 23.8. The molecule has 1 saturated heterocycles. The third kappa shape index (κ3) is 4.98. The van der Waals surface area contributed by atoms with E-state index in [0.717, 1.165) is 78.4 Å². The van der Waals surface area contributed by atoms with Crippen LogP contribution in [0.2, 0.25) is 5.02 Å². The number of likely N-dealkylation sites (tertiary alicyclic amines) is 1. The van der Waals surface area contributed by atoms with Crippen LogP contribution in [0, 0.1) is 11.8 Å². The molecule has 7 heteroatoms. The van der Waals surface area contributed by atoms with Gasteiger partial charge in [-0.3, -0.25) is 9.78 Å². The van der Waals surface area contributed by atoms with Gasteiger partial charge < -0.3 is 9.64 Å². The highest BCUT2D eigenvalue weighted by Gasteiger charge is 2.38. The maximum Gasteiger partial charge on any atom is 0.225 e. The number of benzene rings is 1. The van der Waals surface area contributed by atoms with E-state index in [1.54, 1.807) is 7.11 Å². The first-order valence-electron chi connectivity index (χ1n) is 12.4. The van der Waals surface area contributed by atoms with Crippen LogP contribution in [0.5, 0.6) is 0 Å². The van der Waals surface area contributed by atoms with Crippen molar-refractivity contribution in [3.63, 3.8) is 0 Å². The van der Waals surface area contributed by atoms with Gasteiger partial charge in [0.15, 0.2) is 0 Å². The minimum atomic E-state index is 0.116. The molecule has 1 saturated carbocycles. The number of aromatic nitrogens is 1. The Morgan fingerprint density at radius 2 is 1.85 bits per heavy atom. The summed E-state index contributed by atoms with van der Waals surface area (Å²) in [5.74, 6) is 1.09. The highest BCUT2D eigenvalue weighted by atomic mass is 79.9. The Balaban J connectivity index is 1.40. The fraction of sp³-hybridized carbons (Fsp3) is 0.556. The number of ether oxygens (including phenoxy) is 1. The van der Waals surface area contributed by atoms with Gasteiger partial charge in [-0.2, -0.15) is 0 Å². The van der Waals surface area contributed by atoms with E-state index in [1.165, 1.54) is 22.4 Å². The topological polar surface area (TPSA) is 42.4 Å². The van der Waals surface area contributed by atoms with Crippen LogP contribution in [0.4, 0.5) is 0 Å². The molecule has 0 radical (unpaired) electrons. The van der Waals surface area contributed by atoms with Gasteiger partial charge in [0.25, 0.3) is 0 Å². The van der Waals surface area contributed by atoms with Crippen molar-refractivity contribution < 1.29 is 9.53 Å². The molecule has 0 N–H and O–H groups in total. The Kier molecular flexibility index (Phi) is 7.69. The predicted molar refractivity (Wildman–Crippen MR) is 142 cm³/mol. The number of carbonyl (C=O) groups excluding carboxylic acids is 1. The molecule has 5 rings (SSSR count). The maximum absolute atomic E-state index is 13.3. The molecule has 4 nitrogen and oxygen atoms in total. The van der Waals surface area contributed by atoms with E-state index in [-0.39, 0.29) is 17.9 Å². The van der Waals surface area contributed by atoms with Gasteiger partial charge in [0, 0.05) is 52.2 Å². The number of rotatable bonds is 3. The highest BCUT2D eigenvalue weighted by molar-refractivity contribution is 9.10. The summed E-state index contributed by atoms with van der Waals surface area (Å²) in [6.07, 6.45) is 10.1. The molecule has 34 heavy (non-hydrogen) atoms. The number of hydrogen-bond acceptors (Lipinski definition) is 3.